The van der Waals surface area contributed by atoms with Crippen LogP contribution >= 0.6 is 0 Å². The van der Waals surface area contributed by atoms with E-state index in [9.17, 15) is 14.4 Å². The van der Waals surface area contributed by atoms with Gasteiger partial charge in [0, 0.05) is 6.54 Å². The molecule has 1 rings (SSSR count). The number of rotatable bonds is 8. The van der Waals surface area contributed by atoms with Crippen molar-refractivity contribution in [2.24, 2.45) is 5.92 Å². The summed E-state index contributed by atoms with van der Waals surface area (Å²) in [6, 6.07) is 6.47. The van der Waals surface area contributed by atoms with Gasteiger partial charge >= 0.3 is 6.09 Å². The fourth-order valence-corrected chi connectivity index (χ4v) is 2.57. The third-order valence-electron chi connectivity index (χ3n) is 4.27. The zero-order valence-corrected chi connectivity index (χ0v) is 18.6. The number of alkyl carbamates (subject to hydrolysis) is 1. The monoisotopic (exact) mass is 405 g/mol. The highest BCUT2D eigenvalue weighted by atomic mass is 16.6. The van der Waals surface area contributed by atoms with E-state index in [4.69, 9.17) is 4.74 Å². The molecule has 0 bridgehead atoms. The van der Waals surface area contributed by atoms with Gasteiger partial charge in [0.15, 0.2) is 0 Å². The molecule has 3 N–H and O–H groups in total. The van der Waals surface area contributed by atoms with Crippen LogP contribution < -0.4 is 16.0 Å². The lowest BCUT2D eigenvalue weighted by molar-refractivity contribution is -0.130. The van der Waals surface area contributed by atoms with Crippen molar-refractivity contribution in [3.63, 3.8) is 0 Å². The molecule has 0 aliphatic rings. The molecule has 29 heavy (non-hydrogen) atoms. The highest BCUT2D eigenvalue weighted by Gasteiger charge is 2.28. The average Bonchev–Trinajstić information content (AvgIpc) is 2.62. The largest absolute Gasteiger partial charge is 0.444 e. The lowest BCUT2D eigenvalue weighted by Gasteiger charge is -2.26. The van der Waals surface area contributed by atoms with Crippen molar-refractivity contribution in [1.82, 2.24) is 16.0 Å². The minimum Gasteiger partial charge on any atom is -0.444 e. The number of amides is 3. The standard InChI is InChI=1S/C22H35N3O4/c1-8-16-9-11-17(12-10-16)13-23-19(26)15(4)24-20(27)18(14(2)3)25-21(28)29-22(5,6)7/h9-12,14-15,18H,8,13H2,1-7H3,(H,23,26)(H,24,27)(H,25,28)/t15-,18-/m0/s1. The molecule has 7 nitrogen and oxygen atoms in total. The van der Waals surface area contributed by atoms with Crippen molar-refractivity contribution in [2.75, 3.05) is 0 Å². The Labute approximate surface area is 174 Å². The highest BCUT2D eigenvalue weighted by molar-refractivity contribution is 5.91. The summed E-state index contributed by atoms with van der Waals surface area (Å²) in [5.74, 6) is -0.895. The van der Waals surface area contributed by atoms with Crippen LogP contribution in [0.3, 0.4) is 0 Å². The Hall–Kier alpha value is -2.57. The Morgan fingerprint density at radius 3 is 1.97 bits per heavy atom. The van der Waals surface area contributed by atoms with Gasteiger partial charge in [0.25, 0.3) is 0 Å². The van der Waals surface area contributed by atoms with Gasteiger partial charge in [0.05, 0.1) is 0 Å². The molecule has 0 spiro atoms. The van der Waals surface area contributed by atoms with Crippen LogP contribution in [0.25, 0.3) is 0 Å². The van der Waals surface area contributed by atoms with E-state index in [1.165, 1.54) is 5.56 Å². The predicted molar refractivity (Wildman–Crippen MR) is 113 cm³/mol. The van der Waals surface area contributed by atoms with Crippen molar-refractivity contribution in [3.8, 4) is 0 Å². The van der Waals surface area contributed by atoms with Gasteiger partial charge in [-0.15, -0.1) is 0 Å². The van der Waals surface area contributed by atoms with Gasteiger partial charge in [0.2, 0.25) is 11.8 Å². The molecule has 0 heterocycles. The predicted octanol–water partition coefficient (Wildman–Crippen LogP) is 2.92. The Balaban J connectivity index is 2.59. The van der Waals surface area contributed by atoms with Gasteiger partial charge in [-0.05, 0) is 51.2 Å². The van der Waals surface area contributed by atoms with E-state index in [0.717, 1.165) is 12.0 Å². The quantitative estimate of drug-likeness (QED) is 0.619. The van der Waals surface area contributed by atoms with E-state index in [1.54, 1.807) is 27.7 Å². The Morgan fingerprint density at radius 1 is 0.931 bits per heavy atom. The van der Waals surface area contributed by atoms with Crippen LogP contribution in [0.1, 0.15) is 59.6 Å². The molecule has 0 saturated heterocycles. The summed E-state index contributed by atoms with van der Waals surface area (Å²) in [6.45, 7) is 12.9. The lowest BCUT2D eigenvalue weighted by atomic mass is 10.0. The summed E-state index contributed by atoms with van der Waals surface area (Å²) < 4.78 is 5.22. The maximum atomic E-state index is 12.6. The van der Waals surface area contributed by atoms with E-state index in [2.05, 4.69) is 22.9 Å². The number of ether oxygens (including phenoxy) is 1. The van der Waals surface area contributed by atoms with Crippen molar-refractivity contribution in [3.05, 3.63) is 35.4 Å². The first-order valence-electron chi connectivity index (χ1n) is 10.1. The molecule has 0 saturated carbocycles. The van der Waals surface area contributed by atoms with Crippen molar-refractivity contribution < 1.29 is 19.1 Å². The molecule has 1 aromatic carbocycles. The fraction of sp³-hybridized carbons (Fsp3) is 0.591. The fourth-order valence-electron chi connectivity index (χ4n) is 2.57. The Kier molecular flexibility index (Phi) is 9.14. The second-order valence-corrected chi connectivity index (χ2v) is 8.49. The van der Waals surface area contributed by atoms with E-state index >= 15 is 0 Å². The molecule has 2 atom stereocenters. The van der Waals surface area contributed by atoms with Crippen LogP contribution in [-0.4, -0.2) is 35.6 Å². The maximum absolute atomic E-state index is 12.6. The smallest absolute Gasteiger partial charge is 0.408 e. The van der Waals surface area contributed by atoms with Crippen LogP contribution in [-0.2, 0) is 27.3 Å². The molecular weight excluding hydrogens is 370 g/mol. The van der Waals surface area contributed by atoms with Gasteiger partial charge in [-0.2, -0.15) is 0 Å². The van der Waals surface area contributed by atoms with Crippen molar-refractivity contribution >= 4 is 17.9 Å². The van der Waals surface area contributed by atoms with E-state index in [-0.39, 0.29) is 11.8 Å². The normalized spacial score (nSPS) is 13.4. The third kappa shape index (κ3) is 8.98. The molecular formula is C22H35N3O4. The number of hydrogen-bond donors (Lipinski definition) is 3. The van der Waals surface area contributed by atoms with Crippen LogP contribution in [0.2, 0.25) is 0 Å². The third-order valence-corrected chi connectivity index (χ3v) is 4.27. The van der Waals surface area contributed by atoms with Crippen LogP contribution in [0, 0.1) is 5.92 Å². The second-order valence-electron chi connectivity index (χ2n) is 8.49. The number of aryl methyl sites for hydroxylation is 1. The number of benzene rings is 1. The SMILES string of the molecule is CCc1ccc(CNC(=O)[C@H](C)NC(=O)[C@@H](NC(=O)OC(C)(C)C)C(C)C)cc1. The van der Waals surface area contributed by atoms with E-state index < -0.39 is 29.7 Å². The van der Waals surface area contributed by atoms with Crippen molar-refractivity contribution in [1.29, 1.82) is 0 Å². The Morgan fingerprint density at radius 2 is 1.48 bits per heavy atom. The molecule has 7 heteroatoms. The zero-order chi connectivity index (χ0) is 22.2. The lowest BCUT2D eigenvalue weighted by Crippen LogP contribution is -2.55. The molecule has 0 fully saturated rings. The molecule has 3 amide bonds. The molecule has 0 aliphatic carbocycles. The summed E-state index contributed by atoms with van der Waals surface area (Å²) in [4.78, 5) is 36.9. The molecule has 0 aromatic heterocycles. The van der Waals surface area contributed by atoms with Gasteiger partial charge < -0.3 is 20.7 Å². The molecule has 0 aliphatic heterocycles. The number of carbonyl (C=O) groups is 3. The summed E-state index contributed by atoms with van der Waals surface area (Å²) in [5, 5.41) is 8.06. The summed E-state index contributed by atoms with van der Waals surface area (Å²) in [5.41, 5.74) is 1.56. The van der Waals surface area contributed by atoms with Crippen LogP contribution in [0.15, 0.2) is 24.3 Å². The number of nitrogens with one attached hydrogen (secondary N) is 3. The maximum Gasteiger partial charge on any atom is 0.408 e. The summed E-state index contributed by atoms with van der Waals surface area (Å²) >= 11 is 0. The molecule has 162 valence electrons. The van der Waals surface area contributed by atoms with Crippen molar-refractivity contribution in [2.45, 2.75) is 79.1 Å². The number of carbonyl (C=O) groups excluding carboxylic acids is 3. The summed E-state index contributed by atoms with van der Waals surface area (Å²) in [7, 11) is 0. The molecule has 1 aromatic rings. The van der Waals surface area contributed by atoms with E-state index in [1.807, 2.05) is 38.1 Å². The topological polar surface area (TPSA) is 96.5 Å². The average molecular weight is 406 g/mol. The minimum atomic E-state index is -0.804. The first kappa shape index (κ1) is 24.5. The van der Waals surface area contributed by atoms with Gasteiger partial charge in [-0.3, -0.25) is 9.59 Å². The molecule has 0 unspecified atom stereocenters. The van der Waals surface area contributed by atoms with Gasteiger partial charge in [-0.1, -0.05) is 45.0 Å². The number of hydrogen-bond acceptors (Lipinski definition) is 4. The van der Waals surface area contributed by atoms with Gasteiger partial charge in [0.1, 0.15) is 17.7 Å². The second kappa shape index (κ2) is 10.8. The van der Waals surface area contributed by atoms with Crippen LogP contribution in [0.4, 0.5) is 4.79 Å². The zero-order valence-electron chi connectivity index (χ0n) is 18.6. The Bertz CT molecular complexity index is 693. The van der Waals surface area contributed by atoms with E-state index in [0.29, 0.717) is 6.54 Å². The summed E-state index contributed by atoms with van der Waals surface area (Å²) in [6.07, 6.45) is 0.295. The van der Waals surface area contributed by atoms with Gasteiger partial charge in [-0.25, -0.2) is 4.79 Å². The first-order valence-corrected chi connectivity index (χ1v) is 10.1. The minimum absolute atomic E-state index is 0.171. The highest BCUT2D eigenvalue weighted by Crippen LogP contribution is 2.09. The molecule has 0 radical (unpaired) electrons. The van der Waals surface area contributed by atoms with Crippen LogP contribution in [0.5, 0.6) is 0 Å². The first-order chi connectivity index (χ1) is 13.4.